The van der Waals surface area contributed by atoms with Gasteiger partial charge in [0, 0.05) is 18.0 Å². The van der Waals surface area contributed by atoms with Gasteiger partial charge in [0.1, 0.15) is 18.8 Å². The Bertz CT molecular complexity index is 1970. The summed E-state index contributed by atoms with van der Waals surface area (Å²) in [5, 5.41) is 10.0. The fourth-order valence-electron chi connectivity index (χ4n) is 5.01. The van der Waals surface area contributed by atoms with Gasteiger partial charge >= 0.3 is 12.6 Å². The normalized spacial score (nSPS) is 15.2. The Kier molecular flexibility index (Phi) is 9.02. The van der Waals surface area contributed by atoms with Crippen molar-refractivity contribution < 1.29 is 31.9 Å². The number of hydrogen-bond acceptors (Lipinski definition) is 9. The number of amides is 2. The smallest absolute Gasteiger partial charge is 0.412 e. The van der Waals surface area contributed by atoms with Crippen molar-refractivity contribution in [1.29, 1.82) is 0 Å². The van der Waals surface area contributed by atoms with Crippen molar-refractivity contribution in [3.05, 3.63) is 108 Å². The van der Waals surface area contributed by atoms with Gasteiger partial charge in [0.2, 0.25) is 0 Å². The lowest BCUT2D eigenvalue weighted by atomic mass is 10.0. The molecular formula is C30H23ClF4N10O3. The van der Waals surface area contributed by atoms with Gasteiger partial charge in [-0.2, -0.15) is 19.0 Å². The first-order valence-electron chi connectivity index (χ1n) is 14.0. The Morgan fingerprint density at radius 3 is 2.50 bits per heavy atom. The van der Waals surface area contributed by atoms with Gasteiger partial charge in [0.15, 0.2) is 17.8 Å². The summed E-state index contributed by atoms with van der Waals surface area (Å²) in [6.45, 7) is -3.25. The molecule has 0 aliphatic carbocycles. The molecule has 0 saturated heterocycles. The summed E-state index contributed by atoms with van der Waals surface area (Å²) in [7, 11) is 0. The van der Waals surface area contributed by atoms with Crippen molar-refractivity contribution in [2.45, 2.75) is 25.1 Å². The van der Waals surface area contributed by atoms with Gasteiger partial charge < -0.3 is 10.5 Å². The average molecular weight is 683 g/mol. The van der Waals surface area contributed by atoms with Crippen LogP contribution in [0.5, 0.6) is 0 Å². The molecule has 0 bridgehead atoms. The quantitative estimate of drug-likeness (QED) is 0.178. The van der Waals surface area contributed by atoms with Gasteiger partial charge in [0.05, 0.1) is 22.9 Å². The van der Waals surface area contributed by atoms with Crippen LogP contribution < -0.4 is 11.1 Å². The van der Waals surface area contributed by atoms with E-state index in [1.807, 2.05) is 0 Å². The first-order chi connectivity index (χ1) is 23.1. The maximum absolute atomic E-state index is 13.9. The van der Waals surface area contributed by atoms with E-state index in [-0.39, 0.29) is 28.1 Å². The molecule has 48 heavy (non-hydrogen) atoms. The van der Waals surface area contributed by atoms with Crippen LogP contribution in [0.3, 0.4) is 0 Å². The van der Waals surface area contributed by atoms with Gasteiger partial charge in [-0.05, 0) is 41.0 Å². The Hall–Kier alpha value is -5.84. The molecule has 2 aromatic carbocycles. The Morgan fingerprint density at radius 2 is 1.81 bits per heavy atom. The van der Waals surface area contributed by atoms with Crippen LogP contribution in [-0.2, 0) is 9.53 Å². The molecule has 0 unspecified atom stereocenters. The number of nitrogens with one attached hydrogen (secondary N) is 1. The summed E-state index contributed by atoms with van der Waals surface area (Å²) in [5.41, 5.74) is 8.05. The third-order valence-corrected chi connectivity index (χ3v) is 7.59. The van der Waals surface area contributed by atoms with E-state index in [9.17, 15) is 27.2 Å². The molecule has 0 fully saturated rings. The average Bonchev–Trinajstić information content (AvgIpc) is 3.83. The van der Waals surface area contributed by atoms with E-state index in [0.29, 0.717) is 21.4 Å². The SMILES string of the molecule is NC1=N[C@H](c2ccc(-c3cnn(C(F)F)c3)cc2)C(=O)N1[C@H](COC(=O)Nc1ccccn1)c1ccc(Cl)c(-n2ncnc2C(F)F)c1. The number of carbonyl (C=O) groups excluding carboxylic acids is 2. The summed E-state index contributed by atoms with van der Waals surface area (Å²) in [5.74, 6) is -1.26. The van der Waals surface area contributed by atoms with Crippen LogP contribution in [0.4, 0.5) is 28.2 Å². The number of benzene rings is 2. The number of aliphatic imine (C=N–C) groups is 1. The molecule has 13 nitrogen and oxygen atoms in total. The van der Waals surface area contributed by atoms with Crippen LogP contribution in [0, 0.1) is 0 Å². The van der Waals surface area contributed by atoms with Gasteiger partial charge in [0.25, 0.3) is 12.3 Å². The fraction of sp³-hybridized carbons (Fsp3) is 0.167. The number of nitrogens with two attached hydrogens (primary N) is 1. The van der Waals surface area contributed by atoms with E-state index in [0.717, 1.165) is 15.9 Å². The van der Waals surface area contributed by atoms with Crippen molar-refractivity contribution in [3.63, 3.8) is 0 Å². The van der Waals surface area contributed by atoms with Gasteiger partial charge in [-0.3, -0.25) is 15.0 Å². The second-order valence-corrected chi connectivity index (χ2v) is 10.6. The highest BCUT2D eigenvalue weighted by molar-refractivity contribution is 6.32. The molecule has 1 aliphatic rings. The van der Waals surface area contributed by atoms with Crippen molar-refractivity contribution in [3.8, 4) is 16.8 Å². The minimum Gasteiger partial charge on any atom is -0.447 e. The molecule has 246 valence electrons. The van der Waals surface area contributed by atoms with E-state index >= 15 is 0 Å². The van der Waals surface area contributed by atoms with E-state index < -0.39 is 49.5 Å². The largest absolute Gasteiger partial charge is 0.447 e. The van der Waals surface area contributed by atoms with E-state index in [4.69, 9.17) is 22.1 Å². The maximum atomic E-state index is 13.9. The fourth-order valence-corrected chi connectivity index (χ4v) is 5.21. The van der Waals surface area contributed by atoms with Crippen LogP contribution in [0.25, 0.3) is 16.8 Å². The highest BCUT2D eigenvalue weighted by atomic mass is 35.5. The Morgan fingerprint density at radius 1 is 1.02 bits per heavy atom. The number of guanidine groups is 1. The summed E-state index contributed by atoms with van der Waals surface area (Å²) in [4.78, 5) is 39.8. The molecule has 0 saturated carbocycles. The molecule has 2 atom stereocenters. The molecule has 18 heteroatoms. The molecule has 5 aromatic rings. The monoisotopic (exact) mass is 682 g/mol. The lowest BCUT2D eigenvalue weighted by Gasteiger charge is -2.28. The summed E-state index contributed by atoms with van der Waals surface area (Å²) >= 11 is 6.37. The number of ether oxygens (including phenoxy) is 1. The Balaban J connectivity index is 1.30. The minimum atomic E-state index is -2.97. The summed E-state index contributed by atoms with van der Waals surface area (Å²) in [6.07, 6.45) is 1.03. The molecule has 0 spiro atoms. The number of nitrogens with zero attached hydrogens (tertiary/aromatic N) is 8. The number of pyridine rings is 1. The third-order valence-electron chi connectivity index (χ3n) is 7.27. The molecule has 4 heterocycles. The number of rotatable bonds is 10. The zero-order chi connectivity index (χ0) is 33.9. The maximum Gasteiger partial charge on any atom is 0.412 e. The zero-order valence-electron chi connectivity index (χ0n) is 24.4. The number of alkyl halides is 4. The number of halogens is 5. The van der Waals surface area contributed by atoms with Crippen molar-refractivity contribution in [2.24, 2.45) is 10.7 Å². The Labute approximate surface area is 273 Å². The predicted octanol–water partition coefficient (Wildman–Crippen LogP) is 5.70. The van der Waals surface area contributed by atoms with Gasteiger partial charge in [-0.15, -0.1) is 0 Å². The van der Waals surface area contributed by atoms with Crippen molar-refractivity contribution >= 4 is 35.4 Å². The first kappa shape index (κ1) is 32.1. The first-order valence-corrected chi connectivity index (χ1v) is 14.4. The van der Waals surface area contributed by atoms with Gasteiger partial charge in [-0.1, -0.05) is 48.0 Å². The molecule has 2 amide bonds. The van der Waals surface area contributed by atoms with Crippen molar-refractivity contribution in [1.82, 2.24) is 34.4 Å². The van der Waals surface area contributed by atoms with Crippen molar-refractivity contribution in [2.75, 3.05) is 11.9 Å². The lowest BCUT2D eigenvalue weighted by molar-refractivity contribution is -0.129. The number of hydrogen-bond donors (Lipinski definition) is 2. The number of anilines is 1. The lowest BCUT2D eigenvalue weighted by Crippen LogP contribution is -2.43. The predicted molar refractivity (Wildman–Crippen MR) is 163 cm³/mol. The standard InChI is InChI=1S/C30H23ClF4N10O3/c31-20-9-8-18(11-21(20)45-26(25(32)33)38-15-40-45)22(14-48-30(47)41-23-3-1-2-10-37-23)44-27(46)24(42-29(44)36)17-6-4-16(5-7-17)19-12-39-43(13-19)28(34)35/h1-13,15,22,24-25,28H,14H2,(H2,36,42)(H,37,41,47)/t22-,24-/m1/s1. The number of carbonyl (C=O) groups is 2. The highest BCUT2D eigenvalue weighted by Crippen LogP contribution is 2.35. The molecular weight excluding hydrogens is 660 g/mol. The molecule has 0 radical (unpaired) electrons. The van der Waals surface area contributed by atoms with Crippen LogP contribution in [-0.4, -0.2) is 59.0 Å². The summed E-state index contributed by atoms with van der Waals surface area (Å²) < 4.78 is 60.2. The van der Waals surface area contributed by atoms with E-state index in [1.54, 1.807) is 36.4 Å². The van der Waals surface area contributed by atoms with Crippen LogP contribution in [0.15, 0.2) is 90.6 Å². The van der Waals surface area contributed by atoms with E-state index in [2.05, 4.69) is 30.5 Å². The summed E-state index contributed by atoms with van der Waals surface area (Å²) in [6, 6.07) is 13.4. The van der Waals surface area contributed by atoms with Crippen LogP contribution >= 0.6 is 11.6 Å². The number of aromatic nitrogens is 6. The van der Waals surface area contributed by atoms with Gasteiger partial charge in [-0.25, -0.2) is 37.9 Å². The topological polar surface area (TPSA) is 158 Å². The highest BCUT2D eigenvalue weighted by Gasteiger charge is 2.40. The van der Waals surface area contributed by atoms with Crippen LogP contribution in [0.2, 0.25) is 5.02 Å². The zero-order valence-corrected chi connectivity index (χ0v) is 25.1. The molecule has 1 aliphatic heterocycles. The molecule has 3 N–H and O–H groups in total. The second kappa shape index (κ2) is 13.5. The van der Waals surface area contributed by atoms with Crippen LogP contribution in [0.1, 0.15) is 42.0 Å². The third kappa shape index (κ3) is 6.52. The molecule has 6 rings (SSSR count). The molecule has 3 aromatic heterocycles. The second-order valence-electron chi connectivity index (χ2n) is 10.2. The van der Waals surface area contributed by atoms with E-state index in [1.165, 1.54) is 42.9 Å². The minimum absolute atomic E-state index is 0.0226.